The largest absolute Gasteiger partial charge is 0.357 e. The van der Waals surface area contributed by atoms with Crippen LogP contribution in [0.1, 0.15) is 21.7 Å². The van der Waals surface area contributed by atoms with E-state index >= 15 is 0 Å². The third kappa shape index (κ3) is 4.03. The van der Waals surface area contributed by atoms with Crippen LogP contribution in [0.3, 0.4) is 0 Å². The number of nitrogens with zero attached hydrogens (tertiary/aromatic N) is 2. The first kappa shape index (κ1) is 18.5. The van der Waals surface area contributed by atoms with Crippen molar-refractivity contribution in [2.45, 2.75) is 13.1 Å². The van der Waals surface area contributed by atoms with Crippen molar-refractivity contribution in [3.05, 3.63) is 82.0 Å². The van der Waals surface area contributed by atoms with E-state index in [0.29, 0.717) is 25.3 Å². The summed E-state index contributed by atoms with van der Waals surface area (Å²) in [7, 11) is 0. The Morgan fingerprint density at radius 3 is 2.93 bits per heavy atom. The molecule has 7 heteroatoms. The van der Waals surface area contributed by atoms with Crippen molar-refractivity contribution in [2.24, 2.45) is 0 Å². The first-order valence-electron chi connectivity index (χ1n) is 9.15. The van der Waals surface area contributed by atoms with E-state index in [1.165, 1.54) is 10.5 Å². The first-order chi connectivity index (χ1) is 14.1. The smallest absolute Gasteiger partial charge is 0.270 e. The maximum absolute atomic E-state index is 12.5. The minimum absolute atomic E-state index is 0.101. The van der Waals surface area contributed by atoms with Gasteiger partial charge in [-0.15, -0.1) is 6.42 Å². The molecule has 3 N–H and O–H groups in total. The summed E-state index contributed by atoms with van der Waals surface area (Å²) in [6.07, 6.45) is 6.86. The Hall–Kier alpha value is -3.89. The highest BCUT2D eigenvalue weighted by atomic mass is 16.2. The first-order valence-corrected chi connectivity index (χ1v) is 9.15. The minimum atomic E-state index is -0.390. The predicted molar refractivity (Wildman–Crippen MR) is 111 cm³/mol. The second kappa shape index (κ2) is 8.00. The molecule has 0 aliphatic rings. The van der Waals surface area contributed by atoms with Gasteiger partial charge in [-0.1, -0.05) is 24.1 Å². The summed E-state index contributed by atoms with van der Waals surface area (Å²) in [5.74, 6) is 2.15. The van der Waals surface area contributed by atoms with E-state index in [9.17, 15) is 9.59 Å². The molecule has 1 aromatic carbocycles. The van der Waals surface area contributed by atoms with Crippen molar-refractivity contribution in [1.29, 1.82) is 0 Å². The molecule has 1 amide bonds. The summed E-state index contributed by atoms with van der Waals surface area (Å²) in [6, 6.07) is 14.4. The highest BCUT2D eigenvalue weighted by molar-refractivity contribution is 5.92. The topological polar surface area (TPSA) is 91.3 Å². The van der Waals surface area contributed by atoms with Gasteiger partial charge in [0, 0.05) is 36.6 Å². The van der Waals surface area contributed by atoms with Crippen molar-refractivity contribution in [3.63, 3.8) is 0 Å². The van der Waals surface area contributed by atoms with Gasteiger partial charge < -0.3 is 15.6 Å². The van der Waals surface area contributed by atoms with E-state index in [1.54, 1.807) is 24.4 Å². The van der Waals surface area contributed by atoms with Gasteiger partial charge in [0.05, 0.1) is 6.54 Å². The molecule has 3 heterocycles. The second-order valence-corrected chi connectivity index (χ2v) is 6.61. The fourth-order valence-electron chi connectivity index (χ4n) is 3.15. The maximum Gasteiger partial charge on any atom is 0.270 e. The summed E-state index contributed by atoms with van der Waals surface area (Å²) < 4.78 is 1.39. The van der Waals surface area contributed by atoms with Crippen molar-refractivity contribution in [3.8, 4) is 12.3 Å². The Bertz CT molecular complexity index is 1300. The molecule has 0 saturated heterocycles. The Morgan fingerprint density at radius 1 is 1.17 bits per heavy atom. The number of benzene rings is 1. The van der Waals surface area contributed by atoms with E-state index in [4.69, 9.17) is 6.42 Å². The van der Waals surface area contributed by atoms with Gasteiger partial charge in [-0.2, -0.15) is 0 Å². The molecule has 0 bridgehead atoms. The van der Waals surface area contributed by atoms with Gasteiger partial charge in [0.2, 0.25) is 0 Å². The van der Waals surface area contributed by atoms with Crippen LogP contribution in [0.5, 0.6) is 0 Å². The number of amides is 1. The van der Waals surface area contributed by atoms with E-state index < -0.39 is 0 Å². The Morgan fingerprint density at radius 2 is 2.07 bits per heavy atom. The number of H-pyrrole nitrogens is 1. The minimum Gasteiger partial charge on any atom is -0.357 e. The molecule has 29 heavy (non-hydrogen) atoms. The SMILES string of the molecule is C#CCNCc1cc2ccc(CNC(=O)c3cc(=O)n4ccccc4n3)cc2[nH]1. The predicted octanol–water partition coefficient (Wildman–Crippen LogP) is 1.83. The fraction of sp³-hybridized carbons (Fsp3) is 0.136. The number of rotatable bonds is 6. The zero-order chi connectivity index (χ0) is 20.2. The highest BCUT2D eigenvalue weighted by Gasteiger charge is 2.10. The van der Waals surface area contributed by atoms with Crippen LogP contribution in [-0.4, -0.2) is 26.8 Å². The van der Waals surface area contributed by atoms with Crippen molar-refractivity contribution < 1.29 is 4.79 Å². The Labute approximate surface area is 166 Å². The second-order valence-electron chi connectivity index (χ2n) is 6.61. The van der Waals surface area contributed by atoms with Gasteiger partial charge >= 0.3 is 0 Å². The number of pyridine rings is 1. The van der Waals surface area contributed by atoms with Crippen LogP contribution in [0, 0.1) is 12.3 Å². The molecule has 3 aromatic heterocycles. The molecular formula is C22H19N5O2. The molecule has 0 saturated carbocycles. The van der Waals surface area contributed by atoms with Crippen LogP contribution in [-0.2, 0) is 13.1 Å². The molecular weight excluding hydrogens is 366 g/mol. The number of fused-ring (bicyclic) bond motifs is 2. The molecule has 0 atom stereocenters. The van der Waals surface area contributed by atoms with Gasteiger partial charge in [-0.25, -0.2) is 4.98 Å². The number of terminal acetylenes is 1. The number of hydrogen-bond acceptors (Lipinski definition) is 4. The lowest BCUT2D eigenvalue weighted by Crippen LogP contribution is -2.26. The van der Waals surface area contributed by atoms with Crippen molar-refractivity contribution in [1.82, 2.24) is 25.0 Å². The van der Waals surface area contributed by atoms with E-state index in [-0.39, 0.29) is 17.2 Å². The molecule has 0 radical (unpaired) electrons. The van der Waals surface area contributed by atoms with Crippen LogP contribution in [0.4, 0.5) is 0 Å². The van der Waals surface area contributed by atoms with Gasteiger partial charge in [-0.3, -0.25) is 14.0 Å². The zero-order valence-corrected chi connectivity index (χ0v) is 15.6. The molecule has 7 nitrogen and oxygen atoms in total. The van der Waals surface area contributed by atoms with Crippen LogP contribution in [0.2, 0.25) is 0 Å². The van der Waals surface area contributed by atoms with Gasteiger partial charge in [0.1, 0.15) is 11.3 Å². The zero-order valence-electron chi connectivity index (χ0n) is 15.6. The molecule has 4 rings (SSSR count). The average Bonchev–Trinajstić information content (AvgIpc) is 3.14. The number of nitrogens with one attached hydrogen (secondary N) is 3. The third-order valence-corrected chi connectivity index (χ3v) is 4.54. The lowest BCUT2D eigenvalue weighted by Gasteiger charge is -2.06. The normalized spacial score (nSPS) is 10.9. The fourth-order valence-corrected chi connectivity index (χ4v) is 3.15. The molecule has 0 fully saturated rings. The Balaban J connectivity index is 1.47. The van der Waals surface area contributed by atoms with Crippen LogP contribution >= 0.6 is 0 Å². The standard InChI is InChI=1S/C22H19N5O2/c1-2-8-23-14-17-11-16-7-6-15(10-18(16)25-17)13-24-22(29)19-12-21(28)27-9-4-3-5-20(27)26-19/h1,3-7,9-12,23,25H,8,13-14H2,(H,24,29). The summed E-state index contributed by atoms with van der Waals surface area (Å²) in [6.45, 7) is 1.50. The summed E-state index contributed by atoms with van der Waals surface area (Å²) in [4.78, 5) is 32.2. The molecule has 0 spiro atoms. The third-order valence-electron chi connectivity index (χ3n) is 4.54. The van der Waals surface area contributed by atoms with E-state index in [0.717, 1.165) is 22.2 Å². The number of carbonyl (C=O) groups is 1. The highest BCUT2D eigenvalue weighted by Crippen LogP contribution is 2.17. The maximum atomic E-state index is 12.5. The number of aromatic nitrogens is 3. The van der Waals surface area contributed by atoms with Crippen LogP contribution < -0.4 is 16.2 Å². The number of aromatic amines is 1. The van der Waals surface area contributed by atoms with Gasteiger partial charge in [0.15, 0.2) is 0 Å². The molecule has 144 valence electrons. The summed E-state index contributed by atoms with van der Waals surface area (Å²) in [5.41, 5.74) is 3.20. The van der Waals surface area contributed by atoms with Crippen molar-refractivity contribution >= 4 is 22.5 Å². The van der Waals surface area contributed by atoms with Crippen LogP contribution in [0.25, 0.3) is 16.6 Å². The van der Waals surface area contributed by atoms with E-state index in [2.05, 4.69) is 32.6 Å². The number of hydrogen-bond donors (Lipinski definition) is 3. The molecule has 0 aliphatic heterocycles. The van der Waals surface area contributed by atoms with E-state index in [1.807, 2.05) is 18.2 Å². The summed E-state index contributed by atoms with van der Waals surface area (Å²) >= 11 is 0. The average molecular weight is 385 g/mol. The Kier molecular flexibility index (Phi) is 5.10. The quantitative estimate of drug-likeness (QED) is 0.349. The van der Waals surface area contributed by atoms with Gasteiger partial charge in [-0.05, 0) is 35.2 Å². The lowest BCUT2D eigenvalue weighted by atomic mass is 10.1. The van der Waals surface area contributed by atoms with Gasteiger partial charge in [0.25, 0.3) is 11.5 Å². The van der Waals surface area contributed by atoms with Crippen LogP contribution in [0.15, 0.2) is 59.5 Å². The number of carbonyl (C=O) groups excluding carboxylic acids is 1. The lowest BCUT2D eigenvalue weighted by molar-refractivity contribution is 0.0946. The monoisotopic (exact) mass is 385 g/mol. The molecule has 0 unspecified atom stereocenters. The molecule has 0 aliphatic carbocycles. The summed E-state index contributed by atoms with van der Waals surface area (Å²) in [5, 5.41) is 7.05. The van der Waals surface area contributed by atoms with Crippen molar-refractivity contribution in [2.75, 3.05) is 6.54 Å². The molecule has 4 aromatic rings.